The van der Waals surface area contributed by atoms with Crippen molar-refractivity contribution in [3.63, 3.8) is 0 Å². The summed E-state index contributed by atoms with van der Waals surface area (Å²) in [5.74, 6) is 0. The third kappa shape index (κ3) is 2.34. The molecule has 0 saturated heterocycles. The molecule has 6 heteroatoms. The van der Waals surface area contributed by atoms with Crippen LogP contribution in [-0.4, -0.2) is 10.2 Å². The van der Waals surface area contributed by atoms with Gasteiger partial charge in [-0.1, -0.05) is 0 Å². The highest BCUT2D eigenvalue weighted by molar-refractivity contribution is 14.1. The molecule has 0 atom stereocenters. The van der Waals surface area contributed by atoms with Gasteiger partial charge in [0.05, 0.1) is 5.56 Å². The van der Waals surface area contributed by atoms with Crippen molar-refractivity contribution in [2.75, 3.05) is 0 Å². The Hall–Kier alpha value is -0.300. The molecule has 0 bridgehead atoms. The third-order valence-electron chi connectivity index (χ3n) is 1.36. The standard InChI is InChI=1S/C7H3ClF2INO/c8-6(13)5-3(7(9)10)1-12-2-4(5)11/h1-2,7H. The molecule has 0 unspecified atom stereocenters. The second-order valence-corrected chi connectivity index (χ2v) is 3.67. The molecule has 70 valence electrons. The highest BCUT2D eigenvalue weighted by Gasteiger charge is 2.19. The zero-order chi connectivity index (χ0) is 10.0. The highest BCUT2D eigenvalue weighted by atomic mass is 127. The van der Waals surface area contributed by atoms with E-state index in [0.29, 0.717) is 3.57 Å². The number of hydrogen-bond donors (Lipinski definition) is 0. The Balaban J connectivity index is 3.34. The Bertz CT molecular complexity index is 345. The van der Waals surface area contributed by atoms with Gasteiger partial charge in [-0.15, -0.1) is 0 Å². The van der Waals surface area contributed by atoms with Gasteiger partial charge in [-0.2, -0.15) is 0 Å². The molecule has 0 spiro atoms. The van der Waals surface area contributed by atoms with E-state index in [1.807, 2.05) is 0 Å². The van der Waals surface area contributed by atoms with Crippen LogP contribution in [0.2, 0.25) is 0 Å². The molecule has 0 fully saturated rings. The van der Waals surface area contributed by atoms with Crippen molar-refractivity contribution in [3.05, 3.63) is 27.1 Å². The van der Waals surface area contributed by atoms with Crippen LogP contribution in [0.3, 0.4) is 0 Å². The Morgan fingerprint density at radius 1 is 1.54 bits per heavy atom. The van der Waals surface area contributed by atoms with E-state index >= 15 is 0 Å². The fraction of sp³-hybridized carbons (Fsp3) is 0.143. The topological polar surface area (TPSA) is 30.0 Å². The van der Waals surface area contributed by atoms with E-state index in [4.69, 9.17) is 11.6 Å². The summed E-state index contributed by atoms with van der Waals surface area (Å²) in [6, 6.07) is 0. The monoisotopic (exact) mass is 317 g/mol. The first kappa shape index (κ1) is 10.8. The molecule has 0 saturated carbocycles. The smallest absolute Gasteiger partial charge is 0.266 e. The van der Waals surface area contributed by atoms with Crippen LogP contribution >= 0.6 is 34.2 Å². The average molecular weight is 317 g/mol. The van der Waals surface area contributed by atoms with Gasteiger partial charge in [-0.05, 0) is 34.2 Å². The van der Waals surface area contributed by atoms with Gasteiger partial charge in [0.25, 0.3) is 11.7 Å². The van der Waals surface area contributed by atoms with E-state index in [0.717, 1.165) is 6.20 Å². The van der Waals surface area contributed by atoms with Crippen molar-refractivity contribution in [3.8, 4) is 0 Å². The van der Waals surface area contributed by atoms with Crippen molar-refractivity contribution in [2.45, 2.75) is 6.43 Å². The molecule has 0 aliphatic rings. The van der Waals surface area contributed by atoms with Crippen LogP contribution in [-0.2, 0) is 0 Å². The summed E-state index contributed by atoms with van der Waals surface area (Å²) in [4.78, 5) is 14.3. The molecule has 1 rings (SSSR count). The number of nitrogens with zero attached hydrogens (tertiary/aromatic N) is 1. The molecule has 2 nitrogen and oxygen atoms in total. The second kappa shape index (κ2) is 4.28. The summed E-state index contributed by atoms with van der Waals surface area (Å²) < 4.78 is 25.0. The van der Waals surface area contributed by atoms with Crippen LogP contribution in [0.5, 0.6) is 0 Å². The molecule has 1 heterocycles. The predicted molar refractivity (Wildman–Crippen MR) is 52.1 cm³/mol. The van der Waals surface area contributed by atoms with E-state index in [1.54, 1.807) is 22.6 Å². The van der Waals surface area contributed by atoms with Crippen LogP contribution in [0.4, 0.5) is 8.78 Å². The van der Waals surface area contributed by atoms with Gasteiger partial charge in [0.15, 0.2) is 0 Å². The SMILES string of the molecule is O=C(Cl)c1c(I)cncc1C(F)F. The summed E-state index contributed by atoms with van der Waals surface area (Å²) >= 11 is 6.89. The van der Waals surface area contributed by atoms with Crippen LogP contribution in [0.1, 0.15) is 22.3 Å². The first-order valence-electron chi connectivity index (χ1n) is 3.15. The lowest BCUT2D eigenvalue weighted by molar-refractivity contribution is 0.106. The van der Waals surface area contributed by atoms with Gasteiger partial charge >= 0.3 is 0 Å². The van der Waals surface area contributed by atoms with Gasteiger partial charge in [0.2, 0.25) is 0 Å². The number of alkyl halides is 2. The Labute approximate surface area is 91.4 Å². The zero-order valence-corrected chi connectivity index (χ0v) is 9.01. The predicted octanol–water partition coefficient (Wildman–Crippen LogP) is 3.00. The van der Waals surface area contributed by atoms with Gasteiger partial charge in [0.1, 0.15) is 0 Å². The second-order valence-electron chi connectivity index (χ2n) is 2.16. The summed E-state index contributed by atoms with van der Waals surface area (Å²) in [7, 11) is 0. The molecule has 0 aliphatic carbocycles. The minimum absolute atomic E-state index is 0.160. The van der Waals surface area contributed by atoms with E-state index in [-0.39, 0.29) is 5.56 Å². The minimum Gasteiger partial charge on any atom is -0.276 e. The van der Waals surface area contributed by atoms with Crippen molar-refractivity contribution >= 4 is 39.4 Å². The summed E-state index contributed by atoms with van der Waals surface area (Å²) in [6.07, 6.45) is -0.482. The van der Waals surface area contributed by atoms with Crippen LogP contribution in [0.25, 0.3) is 0 Å². The normalized spacial score (nSPS) is 10.5. The number of rotatable bonds is 2. The fourth-order valence-corrected chi connectivity index (χ4v) is 1.91. The third-order valence-corrected chi connectivity index (χ3v) is 2.37. The van der Waals surface area contributed by atoms with Crippen LogP contribution in [0, 0.1) is 3.57 Å². The van der Waals surface area contributed by atoms with Crippen LogP contribution in [0.15, 0.2) is 12.4 Å². The van der Waals surface area contributed by atoms with E-state index in [2.05, 4.69) is 4.98 Å². The summed E-state index contributed by atoms with van der Waals surface area (Å²) in [5.41, 5.74) is -0.584. The number of hydrogen-bond acceptors (Lipinski definition) is 2. The molecule has 1 aromatic heterocycles. The lowest BCUT2D eigenvalue weighted by atomic mass is 10.2. The average Bonchev–Trinajstić information content (AvgIpc) is 2.02. The van der Waals surface area contributed by atoms with Crippen molar-refractivity contribution < 1.29 is 13.6 Å². The van der Waals surface area contributed by atoms with E-state index in [1.165, 1.54) is 6.20 Å². The first-order chi connectivity index (χ1) is 6.04. The maximum Gasteiger partial charge on any atom is 0.266 e. The number of carbonyl (C=O) groups is 1. The van der Waals surface area contributed by atoms with Crippen molar-refractivity contribution in [1.29, 1.82) is 0 Å². The molecule has 0 aromatic carbocycles. The fourth-order valence-electron chi connectivity index (χ4n) is 0.823. The van der Waals surface area contributed by atoms with Crippen molar-refractivity contribution in [2.24, 2.45) is 0 Å². The maximum atomic E-state index is 12.3. The molecular formula is C7H3ClF2INO. The Morgan fingerprint density at radius 2 is 2.15 bits per heavy atom. The molecular weight excluding hydrogens is 314 g/mol. The summed E-state index contributed by atoms with van der Waals surface area (Å²) in [5, 5.41) is -0.887. The number of halogens is 4. The maximum absolute atomic E-state index is 12.3. The number of aromatic nitrogens is 1. The minimum atomic E-state index is -2.74. The molecule has 0 aliphatic heterocycles. The quantitative estimate of drug-likeness (QED) is 0.620. The summed E-state index contributed by atoms with van der Waals surface area (Å²) in [6.45, 7) is 0. The van der Waals surface area contributed by atoms with Gasteiger partial charge < -0.3 is 0 Å². The van der Waals surface area contributed by atoms with Gasteiger partial charge in [-0.25, -0.2) is 8.78 Å². The lowest BCUT2D eigenvalue weighted by Crippen LogP contribution is -2.02. The van der Waals surface area contributed by atoms with Gasteiger partial charge in [-0.3, -0.25) is 9.78 Å². The number of pyridine rings is 1. The van der Waals surface area contributed by atoms with Gasteiger partial charge in [0, 0.05) is 21.5 Å². The van der Waals surface area contributed by atoms with E-state index < -0.39 is 17.2 Å². The van der Waals surface area contributed by atoms with Crippen LogP contribution < -0.4 is 0 Å². The molecule has 0 radical (unpaired) electrons. The van der Waals surface area contributed by atoms with E-state index in [9.17, 15) is 13.6 Å². The first-order valence-corrected chi connectivity index (χ1v) is 4.61. The lowest BCUT2D eigenvalue weighted by Gasteiger charge is -2.05. The molecule has 0 N–H and O–H groups in total. The van der Waals surface area contributed by atoms with Crippen molar-refractivity contribution in [1.82, 2.24) is 4.98 Å². The Morgan fingerprint density at radius 3 is 2.54 bits per heavy atom. The largest absolute Gasteiger partial charge is 0.276 e. The molecule has 1 aromatic rings. The Kier molecular flexibility index (Phi) is 3.55. The zero-order valence-electron chi connectivity index (χ0n) is 6.10. The number of carbonyl (C=O) groups excluding carboxylic acids is 1. The molecule has 13 heavy (non-hydrogen) atoms. The molecule has 0 amide bonds. The highest BCUT2D eigenvalue weighted by Crippen LogP contribution is 2.26.